The van der Waals surface area contributed by atoms with Gasteiger partial charge in [0.05, 0.1) is 6.54 Å². The van der Waals surface area contributed by atoms with Crippen LogP contribution in [0.4, 0.5) is 5.69 Å². The van der Waals surface area contributed by atoms with Crippen molar-refractivity contribution in [3.8, 4) is 0 Å². The van der Waals surface area contributed by atoms with Crippen molar-refractivity contribution in [1.29, 1.82) is 0 Å². The van der Waals surface area contributed by atoms with Crippen molar-refractivity contribution in [1.82, 2.24) is 10.6 Å². The molecule has 23 heavy (non-hydrogen) atoms. The third-order valence-electron chi connectivity index (χ3n) is 3.25. The molecule has 2 aromatic rings. The molecule has 0 aliphatic rings. The highest BCUT2D eigenvalue weighted by molar-refractivity contribution is 5.94. The van der Waals surface area contributed by atoms with E-state index in [1.165, 1.54) is 5.56 Å². The molecule has 0 aliphatic heterocycles. The Kier molecular flexibility index (Phi) is 6.65. The Balaban J connectivity index is 1.69. The number of amides is 1. The average Bonchev–Trinajstić information content (AvgIpc) is 2.59. The van der Waals surface area contributed by atoms with E-state index in [4.69, 9.17) is 0 Å². The summed E-state index contributed by atoms with van der Waals surface area (Å²) in [5.41, 5.74) is 2.04. The zero-order valence-electron chi connectivity index (χ0n) is 13.3. The largest absolute Gasteiger partial charge is 0.356 e. The smallest absolute Gasteiger partial charge is 0.243 e. The molecule has 0 heterocycles. The molecule has 0 aliphatic carbocycles. The Bertz CT molecular complexity index is 626. The summed E-state index contributed by atoms with van der Waals surface area (Å²) >= 11 is 0. The van der Waals surface area contributed by atoms with Gasteiger partial charge in [0.2, 0.25) is 5.91 Å². The zero-order chi connectivity index (χ0) is 16.3. The Morgan fingerprint density at radius 1 is 0.957 bits per heavy atom. The number of rotatable bonds is 6. The monoisotopic (exact) mass is 310 g/mol. The normalized spacial score (nSPS) is 10.9. The van der Waals surface area contributed by atoms with E-state index in [0.717, 1.165) is 18.7 Å². The quantitative estimate of drug-likeness (QED) is 0.565. The summed E-state index contributed by atoms with van der Waals surface area (Å²) in [6, 6.07) is 19.6. The van der Waals surface area contributed by atoms with Crippen LogP contribution in [0.15, 0.2) is 65.7 Å². The number of hydrogen-bond donors (Lipinski definition) is 3. The van der Waals surface area contributed by atoms with Gasteiger partial charge in [-0.2, -0.15) is 0 Å². The molecule has 0 aromatic heterocycles. The number of anilines is 1. The minimum Gasteiger partial charge on any atom is -0.356 e. The van der Waals surface area contributed by atoms with Gasteiger partial charge in [0.15, 0.2) is 5.96 Å². The number of hydrogen-bond acceptors (Lipinski definition) is 2. The van der Waals surface area contributed by atoms with Gasteiger partial charge in [0.1, 0.15) is 0 Å². The van der Waals surface area contributed by atoms with Gasteiger partial charge in [-0.25, -0.2) is 0 Å². The van der Waals surface area contributed by atoms with Gasteiger partial charge in [-0.05, 0) is 24.1 Å². The minimum absolute atomic E-state index is 0.109. The molecule has 0 unspecified atom stereocenters. The second-order valence-corrected chi connectivity index (χ2v) is 5.00. The van der Waals surface area contributed by atoms with E-state index >= 15 is 0 Å². The fourth-order valence-electron chi connectivity index (χ4n) is 2.08. The molecule has 0 bridgehead atoms. The van der Waals surface area contributed by atoms with Crippen LogP contribution in [0, 0.1) is 0 Å². The molecule has 3 N–H and O–H groups in total. The van der Waals surface area contributed by atoms with Gasteiger partial charge >= 0.3 is 0 Å². The second-order valence-electron chi connectivity index (χ2n) is 5.00. The second kappa shape index (κ2) is 9.25. The third-order valence-corrected chi connectivity index (χ3v) is 3.25. The number of carbonyl (C=O) groups is 1. The summed E-state index contributed by atoms with van der Waals surface area (Å²) in [6.07, 6.45) is 0.901. The van der Waals surface area contributed by atoms with Crippen LogP contribution in [-0.4, -0.2) is 32.0 Å². The number of carbonyl (C=O) groups excluding carboxylic acids is 1. The first kappa shape index (κ1) is 16.5. The van der Waals surface area contributed by atoms with Gasteiger partial charge in [-0.3, -0.25) is 9.79 Å². The highest BCUT2D eigenvalue weighted by Gasteiger charge is 2.03. The van der Waals surface area contributed by atoms with Crippen molar-refractivity contribution in [2.24, 2.45) is 4.99 Å². The van der Waals surface area contributed by atoms with Gasteiger partial charge < -0.3 is 16.0 Å². The van der Waals surface area contributed by atoms with Gasteiger partial charge in [-0.15, -0.1) is 0 Å². The molecule has 0 saturated carbocycles. The summed E-state index contributed by atoms with van der Waals surface area (Å²) in [7, 11) is 1.69. The van der Waals surface area contributed by atoms with E-state index < -0.39 is 0 Å². The van der Waals surface area contributed by atoms with Gasteiger partial charge in [0.25, 0.3) is 0 Å². The van der Waals surface area contributed by atoms with Crippen molar-refractivity contribution in [2.75, 3.05) is 25.5 Å². The predicted molar refractivity (Wildman–Crippen MR) is 94.6 cm³/mol. The highest BCUT2D eigenvalue weighted by Crippen LogP contribution is 2.03. The standard InChI is InChI=1S/C18H22N4O/c1-19-18(20-13-12-15-8-4-2-5-9-15)21-14-17(23)22-16-10-6-3-7-11-16/h2-11H,12-14H2,1H3,(H,22,23)(H2,19,20,21). The molecule has 0 radical (unpaired) electrons. The van der Waals surface area contributed by atoms with E-state index in [0.29, 0.717) is 5.96 Å². The molecule has 2 aromatic carbocycles. The number of guanidine groups is 1. The molecule has 0 fully saturated rings. The van der Waals surface area contributed by atoms with Crippen LogP contribution in [0.2, 0.25) is 0 Å². The van der Waals surface area contributed by atoms with Crippen molar-refractivity contribution >= 4 is 17.6 Å². The molecule has 1 amide bonds. The van der Waals surface area contributed by atoms with Crippen LogP contribution in [-0.2, 0) is 11.2 Å². The Morgan fingerprint density at radius 2 is 1.61 bits per heavy atom. The van der Waals surface area contributed by atoms with Gasteiger partial charge in [0, 0.05) is 19.3 Å². The van der Waals surface area contributed by atoms with E-state index in [1.807, 2.05) is 48.5 Å². The summed E-state index contributed by atoms with van der Waals surface area (Å²) in [5.74, 6) is 0.506. The predicted octanol–water partition coefficient (Wildman–Crippen LogP) is 2.03. The van der Waals surface area contributed by atoms with E-state index in [-0.39, 0.29) is 12.5 Å². The molecular formula is C18H22N4O. The van der Waals surface area contributed by atoms with E-state index in [9.17, 15) is 4.79 Å². The van der Waals surface area contributed by atoms with Crippen LogP contribution >= 0.6 is 0 Å². The lowest BCUT2D eigenvalue weighted by atomic mass is 10.1. The SMILES string of the molecule is CN=C(NCCc1ccccc1)NCC(=O)Nc1ccccc1. The number of nitrogens with zero attached hydrogens (tertiary/aromatic N) is 1. The summed E-state index contributed by atoms with van der Waals surface area (Å²) in [5, 5.41) is 9.02. The maximum absolute atomic E-state index is 11.9. The maximum Gasteiger partial charge on any atom is 0.243 e. The Hall–Kier alpha value is -2.82. The maximum atomic E-state index is 11.9. The molecule has 120 valence electrons. The lowest BCUT2D eigenvalue weighted by Crippen LogP contribution is -2.42. The number of nitrogens with one attached hydrogen (secondary N) is 3. The fourth-order valence-corrected chi connectivity index (χ4v) is 2.08. The van der Waals surface area contributed by atoms with E-state index in [1.54, 1.807) is 7.05 Å². The van der Waals surface area contributed by atoms with E-state index in [2.05, 4.69) is 33.1 Å². The minimum atomic E-state index is -0.109. The molecule has 5 nitrogen and oxygen atoms in total. The first-order chi connectivity index (χ1) is 11.3. The first-order valence-electron chi connectivity index (χ1n) is 7.61. The highest BCUT2D eigenvalue weighted by atomic mass is 16.1. The van der Waals surface area contributed by atoms with Gasteiger partial charge in [-0.1, -0.05) is 48.5 Å². The molecule has 2 rings (SSSR count). The number of benzene rings is 2. The first-order valence-corrected chi connectivity index (χ1v) is 7.61. The van der Waals surface area contributed by atoms with Crippen molar-refractivity contribution in [2.45, 2.75) is 6.42 Å². The molecular weight excluding hydrogens is 288 g/mol. The average molecular weight is 310 g/mol. The Labute approximate surface area is 136 Å². The van der Waals surface area contributed by atoms with Crippen LogP contribution in [0.25, 0.3) is 0 Å². The fraction of sp³-hybridized carbons (Fsp3) is 0.222. The topological polar surface area (TPSA) is 65.5 Å². The van der Waals surface area contributed by atoms with Crippen LogP contribution in [0.1, 0.15) is 5.56 Å². The van der Waals surface area contributed by atoms with Crippen LogP contribution in [0.3, 0.4) is 0 Å². The summed E-state index contributed by atoms with van der Waals surface area (Å²) < 4.78 is 0. The molecule has 0 spiro atoms. The zero-order valence-corrected chi connectivity index (χ0v) is 13.3. The lowest BCUT2D eigenvalue weighted by molar-refractivity contribution is -0.115. The molecule has 0 saturated heterocycles. The number of para-hydroxylation sites is 1. The van der Waals surface area contributed by atoms with Crippen LogP contribution in [0.5, 0.6) is 0 Å². The summed E-state index contributed by atoms with van der Waals surface area (Å²) in [6.45, 7) is 0.921. The summed E-state index contributed by atoms with van der Waals surface area (Å²) in [4.78, 5) is 16.0. The third kappa shape index (κ3) is 6.22. The Morgan fingerprint density at radius 3 is 2.26 bits per heavy atom. The molecule has 0 atom stereocenters. The molecule has 5 heteroatoms. The number of aliphatic imine (C=N–C) groups is 1. The van der Waals surface area contributed by atoms with Crippen LogP contribution < -0.4 is 16.0 Å². The lowest BCUT2D eigenvalue weighted by Gasteiger charge is -2.12. The van der Waals surface area contributed by atoms with Crippen molar-refractivity contribution < 1.29 is 4.79 Å². The van der Waals surface area contributed by atoms with Crippen molar-refractivity contribution in [3.63, 3.8) is 0 Å². The van der Waals surface area contributed by atoms with Crippen molar-refractivity contribution in [3.05, 3.63) is 66.2 Å².